The number of hydrogen-bond acceptors (Lipinski definition) is 4. The molecular formula is C18H22F2N3OS3+. The third-order valence-electron chi connectivity index (χ3n) is 4.32. The fraction of sp³-hybridized carbons (Fsp3) is 0.389. The SMILES string of the molecule is FC(F)Sc1ccc(NC(=S)NC[C@@H](c2cccs2)[NH+]2CCOCC2)cc1. The maximum atomic E-state index is 12.4. The molecule has 1 aromatic heterocycles. The molecule has 3 rings (SSSR count). The fourth-order valence-corrected chi connectivity index (χ4v) is 4.59. The first kappa shape index (κ1) is 20.5. The fourth-order valence-electron chi connectivity index (χ4n) is 3.01. The average molecular weight is 431 g/mol. The number of quaternary nitrogens is 1. The van der Waals surface area contributed by atoms with E-state index in [4.69, 9.17) is 17.0 Å². The quantitative estimate of drug-likeness (QED) is 0.465. The zero-order valence-electron chi connectivity index (χ0n) is 14.6. The van der Waals surface area contributed by atoms with Gasteiger partial charge >= 0.3 is 0 Å². The van der Waals surface area contributed by atoms with Crippen LogP contribution in [-0.2, 0) is 4.74 Å². The van der Waals surface area contributed by atoms with Crippen molar-refractivity contribution in [3.8, 4) is 0 Å². The van der Waals surface area contributed by atoms with E-state index in [1.807, 2.05) is 0 Å². The summed E-state index contributed by atoms with van der Waals surface area (Å²) < 4.78 is 30.3. The Bertz CT molecular complexity index is 707. The largest absolute Gasteiger partial charge is 0.370 e. The Morgan fingerprint density at radius 1 is 1.22 bits per heavy atom. The van der Waals surface area contributed by atoms with Crippen LogP contribution in [0.4, 0.5) is 14.5 Å². The van der Waals surface area contributed by atoms with Gasteiger partial charge in [-0.25, -0.2) is 0 Å². The van der Waals surface area contributed by atoms with Crippen molar-refractivity contribution >= 4 is 46.1 Å². The third-order valence-corrected chi connectivity index (χ3v) is 6.27. The lowest BCUT2D eigenvalue weighted by Crippen LogP contribution is -3.15. The molecular weight excluding hydrogens is 408 g/mol. The van der Waals surface area contributed by atoms with E-state index in [0.29, 0.717) is 27.8 Å². The van der Waals surface area contributed by atoms with Gasteiger partial charge in [-0.15, -0.1) is 11.3 Å². The van der Waals surface area contributed by atoms with Crippen LogP contribution in [0.25, 0.3) is 0 Å². The molecule has 3 N–H and O–H groups in total. The minimum Gasteiger partial charge on any atom is -0.370 e. The van der Waals surface area contributed by atoms with Crippen molar-refractivity contribution in [2.24, 2.45) is 0 Å². The summed E-state index contributed by atoms with van der Waals surface area (Å²) in [7, 11) is 0. The normalized spacial score (nSPS) is 16.3. The van der Waals surface area contributed by atoms with Crippen LogP contribution in [0.2, 0.25) is 0 Å². The number of rotatable bonds is 7. The van der Waals surface area contributed by atoms with Gasteiger partial charge in [0.2, 0.25) is 0 Å². The Kier molecular flexibility index (Phi) is 7.83. The minimum absolute atomic E-state index is 0.318. The van der Waals surface area contributed by atoms with Crippen LogP contribution in [0, 0.1) is 0 Å². The lowest BCUT2D eigenvalue weighted by atomic mass is 10.2. The molecule has 1 aliphatic heterocycles. The molecule has 0 spiro atoms. The molecule has 0 aliphatic carbocycles. The number of halogens is 2. The molecule has 1 atom stereocenters. The van der Waals surface area contributed by atoms with E-state index in [1.54, 1.807) is 35.6 Å². The van der Waals surface area contributed by atoms with Gasteiger partial charge in [0.15, 0.2) is 5.11 Å². The summed E-state index contributed by atoms with van der Waals surface area (Å²) in [5.74, 6) is -2.41. The lowest BCUT2D eigenvalue weighted by Gasteiger charge is -2.31. The molecule has 1 aliphatic rings. The summed E-state index contributed by atoms with van der Waals surface area (Å²) >= 11 is 7.70. The first-order chi connectivity index (χ1) is 13.1. The lowest BCUT2D eigenvalue weighted by molar-refractivity contribution is -0.937. The molecule has 9 heteroatoms. The maximum Gasteiger partial charge on any atom is 0.288 e. The van der Waals surface area contributed by atoms with Crippen LogP contribution < -0.4 is 15.5 Å². The molecule has 2 heterocycles. The van der Waals surface area contributed by atoms with Crippen molar-refractivity contribution in [2.75, 3.05) is 38.2 Å². The van der Waals surface area contributed by atoms with Crippen LogP contribution in [-0.4, -0.2) is 43.7 Å². The molecule has 0 saturated carbocycles. The summed E-state index contributed by atoms with van der Waals surface area (Å²) in [6.45, 7) is 4.24. The molecule has 27 heavy (non-hydrogen) atoms. The summed E-state index contributed by atoms with van der Waals surface area (Å²) in [4.78, 5) is 3.35. The summed E-state index contributed by atoms with van der Waals surface area (Å²) in [6, 6.07) is 11.4. The molecule has 0 bridgehead atoms. The predicted octanol–water partition coefficient (Wildman–Crippen LogP) is 3.01. The zero-order valence-corrected chi connectivity index (χ0v) is 17.1. The van der Waals surface area contributed by atoms with Gasteiger partial charge in [0.05, 0.1) is 24.6 Å². The van der Waals surface area contributed by atoms with Gasteiger partial charge in [-0.1, -0.05) is 17.8 Å². The predicted molar refractivity (Wildman–Crippen MR) is 111 cm³/mol. The number of hydrogen-bond donors (Lipinski definition) is 3. The Balaban J connectivity index is 1.54. The molecule has 0 amide bonds. The number of thiophene rings is 1. The molecule has 146 valence electrons. The van der Waals surface area contributed by atoms with E-state index in [0.717, 1.165) is 38.5 Å². The van der Waals surface area contributed by atoms with Gasteiger partial charge in [-0.05, 0) is 47.9 Å². The summed E-state index contributed by atoms with van der Waals surface area (Å²) in [5.41, 5.74) is 0.775. The smallest absolute Gasteiger partial charge is 0.288 e. The Morgan fingerprint density at radius 2 is 1.96 bits per heavy atom. The van der Waals surface area contributed by atoms with Crippen molar-refractivity contribution in [3.63, 3.8) is 0 Å². The van der Waals surface area contributed by atoms with E-state index >= 15 is 0 Å². The molecule has 1 fully saturated rings. The Hall–Kier alpha value is -1.26. The number of thioether (sulfide) groups is 1. The van der Waals surface area contributed by atoms with Gasteiger partial charge in [-0.3, -0.25) is 0 Å². The number of alkyl halides is 2. The van der Waals surface area contributed by atoms with Crippen LogP contribution in [0.3, 0.4) is 0 Å². The van der Waals surface area contributed by atoms with Gasteiger partial charge < -0.3 is 20.3 Å². The molecule has 4 nitrogen and oxygen atoms in total. The number of nitrogens with one attached hydrogen (secondary N) is 3. The van der Waals surface area contributed by atoms with Crippen molar-refractivity contribution < 1.29 is 18.4 Å². The highest BCUT2D eigenvalue weighted by molar-refractivity contribution is 7.99. The third kappa shape index (κ3) is 6.39. The van der Waals surface area contributed by atoms with Gasteiger partial charge in [0, 0.05) is 10.6 Å². The van der Waals surface area contributed by atoms with Crippen LogP contribution in [0.1, 0.15) is 10.9 Å². The molecule has 0 radical (unpaired) electrons. The van der Waals surface area contributed by atoms with Crippen molar-refractivity contribution in [1.29, 1.82) is 0 Å². The number of benzene rings is 1. The van der Waals surface area contributed by atoms with E-state index in [9.17, 15) is 8.78 Å². The molecule has 1 aromatic carbocycles. The maximum absolute atomic E-state index is 12.4. The second-order valence-electron chi connectivity index (χ2n) is 6.08. The van der Waals surface area contributed by atoms with Gasteiger partial charge in [0.1, 0.15) is 19.1 Å². The average Bonchev–Trinajstić information content (AvgIpc) is 3.18. The number of morpholine rings is 1. The number of anilines is 1. The summed E-state index contributed by atoms with van der Waals surface area (Å²) in [5, 5.41) is 9.04. The Morgan fingerprint density at radius 3 is 2.59 bits per heavy atom. The van der Waals surface area contributed by atoms with Gasteiger partial charge in [-0.2, -0.15) is 8.78 Å². The van der Waals surface area contributed by atoms with E-state index in [1.165, 1.54) is 9.78 Å². The molecule has 0 unspecified atom stereocenters. The number of ether oxygens (including phenoxy) is 1. The highest BCUT2D eigenvalue weighted by atomic mass is 32.2. The van der Waals surface area contributed by atoms with Crippen LogP contribution in [0.15, 0.2) is 46.7 Å². The first-order valence-corrected chi connectivity index (χ1v) is 10.8. The van der Waals surface area contributed by atoms with Crippen molar-refractivity contribution in [3.05, 3.63) is 46.7 Å². The second-order valence-corrected chi connectivity index (χ2v) is 8.53. The highest BCUT2D eigenvalue weighted by Crippen LogP contribution is 2.26. The minimum atomic E-state index is -2.41. The van der Waals surface area contributed by atoms with Crippen molar-refractivity contribution in [2.45, 2.75) is 16.7 Å². The van der Waals surface area contributed by atoms with Crippen molar-refractivity contribution in [1.82, 2.24) is 5.32 Å². The van der Waals surface area contributed by atoms with Gasteiger partial charge in [0.25, 0.3) is 5.76 Å². The monoisotopic (exact) mass is 430 g/mol. The van der Waals surface area contributed by atoms with Crippen LogP contribution in [0.5, 0.6) is 0 Å². The molecule has 1 saturated heterocycles. The molecule has 2 aromatic rings. The van der Waals surface area contributed by atoms with Crippen LogP contribution >= 0.6 is 35.3 Å². The topological polar surface area (TPSA) is 37.7 Å². The van der Waals surface area contributed by atoms with E-state index in [-0.39, 0.29) is 0 Å². The first-order valence-electron chi connectivity index (χ1n) is 8.67. The summed E-state index contributed by atoms with van der Waals surface area (Å²) in [6.07, 6.45) is 0. The van der Waals surface area contributed by atoms with E-state index < -0.39 is 5.76 Å². The Labute approximate surface area is 171 Å². The second kappa shape index (κ2) is 10.3. The number of thiocarbonyl (C=S) groups is 1. The van der Waals surface area contributed by atoms with E-state index in [2.05, 4.69) is 28.1 Å². The highest BCUT2D eigenvalue weighted by Gasteiger charge is 2.27. The standard InChI is InChI=1S/C18H21F2N3OS3/c19-17(20)27-14-5-3-13(4-6-14)22-18(25)21-12-15(16-2-1-11-26-16)23-7-9-24-10-8-23/h1-6,11,15,17H,7-10,12H2,(H2,21,22,25)/p+1/t15-/m0/s1. The zero-order chi connectivity index (χ0) is 19.1.